The van der Waals surface area contributed by atoms with Crippen LogP contribution in [0.15, 0.2) is 45.6 Å². The van der Waals surface area contributed by atoms with E-state index in [0.717, 1.165) is 0 Å². The highest BCUT2D eigenvalue weighted by molar-refractivity contribution is 14.0. The van der Waals surface area contributed by atoms with Crippen molar-refractivity contribution >= 4 is 62.9 Å². The summed E-state index contributed by atoms with van der Waals surface area (Å²) in [5, 5.41) is 8.71. The molecule has 6 nitrogen and oxygen atoms in total. The second-order valence-corrected chi connectivity index (χ2v) is 8.44. The van der Waals surface area contributed by atoms with Crippen molar-refractivity contribution in [1.82, 2.24) is 15.4 Å². The van der Waals surface area contributed by atoms with Crippen LogP contribution in [0.4, 0.5) is 0 Å². The SMILES string of the molecule is CN=C(NCCNS(=O)(=O)c1cccc(Cl)c1)NCc1sccc1C.I. The van der Waals surface area contributed by atoms with E-state index in [1.54, 1.807) is 30.5 Å². The second kappa shape index (κ2) is 11.1. The summed E-state index contributed by atoms with van der Waals surface area (Å²) in [5.74, 6) is 0.620. The van der Waals surface area contributed by atoms with Crippen molar-refractivity contribution in [2.75, 3.05) is 20.1 Å². The molecule has 0 aliphatic rings. The number of thiophene rings is 1. The van der Waals surface area contributed by atoms with E-state index in [1.165, 1.54) is 22.6 Å². The van der Waals surface area contributed by atoms with Gasteiger partial charge in [-0.2, -0.15) is 0 Å². The minimum atomic E-state index is -3.57. The molecule has 10 heteroatoms. The third kappa shape index (κ3) is 7.03. The summed E-state index contributed by atoms with van der Waals surface area (Å²) >= 11 is 7.52. The molecule has 0 bridgehead atoms. The number of aryl methyl sites for hydroxylation is 1. The zero-order valence-electron chi connectivity index (χ0n) is 14.5. The average molecular weight is 529 g/mol. The monoisotopic (exact) mass is 528 g/mol. The fraction of sp³-hybridized carbons (Fsp3) is 0.312. The Labute approximate surface area is 180 Å². The lowest BCUT2D eigenvalue weighted by Crippen LogP contribution is -2.41. The number of nitrogens with one attached hydrogen (secondary N) is 3. The summed E-state index contributed by atoms with van der Waals surface area (Å²) in [6.07, 6.45) is 0. The van der Waals surface area contributed by atoms with Crippen molar-refractivity contribution < 1.29 is 8.42 Å². The van der Waals surface area contributed by atoms with Crippen molar-refractivity contribution in [3.05, 3.63) is 51.2 Å². The Morgan fingerprint density at radius 2 is 2.00 bits per heavy atom. The largest absolute Gasteiger partial charge is 0.355 e. The summed E-state index contributed by atoms with van der Waals surface area (Å²) in [4.78, 5) is 5.51. The van der Waals surface area contributed by atoms with Gasteiger partial charge in [-0.05, 0) is 42.1 Å². The number of aliphatic imine (C=N–C) groups is 1. The third-order valence-electron chi connectivity index (χ3n) is 3.42. The van der Waals surface area contributed by atoms with Gasteiger partial charge in [-0.3, -0.25) is 4.99 Å². The zero-order valence-corrected chi connectivity index (χ0v) is 19.2. The first-order valence-corrected chi connectivity index (χ1v) is 10.4. The predicted octanol–water partition coefficient (Wildman–Crippen LogP) is 2.97. The van der Waals surface area contributed by atoms with Gasteiger partial charge in [0.15, 0.2) is 5.96 Å². The number of hydrogen-bond donors (Lipinski definition) is 3. The minimum Gasteiger partial charge on any atom is -0.355 e. The number of rotatable bonds is 7. The van der Waals surface area contributed by atoms with Crippen LogP contribution in [-0.2, 0) is 16.6 Å². The quantitative estimate of drug-likeness (QED) is 0.223. The number of benzene rings is 1. The Balaban J connectivity index is 0.00000338. The summed E-state index contributed by atoms with van der Waals surface area (Å²) in [7, 11) is -1.90. The van der Waals surface area contributed by atoms with Gasteiger partial charge in [0.05, 0.1) is 11.4 Å². The lowest BCUT2D eigenvalue weighted by Gasteiger charge is -2.12. The Hall–Kier alpha value is -0.880. The Bertz CT molecular complexity index is 840. The maximum absolute atomic E-state index is 12.2. The van der Waals surface area contributed by atoms with Crippen LogP contribution in [0.2, 0.25) is 5.02 Å². The van der Waals surface area contributed by atoms with E-state index in [9.17, 15) is 8.42 Å². The van der Waals surface area contributed by atoms with Gasteiger partial charge in [-0.1, -0.05) is 17.7 Å². The molecule has 0 spiro atoms. The van der Waals surface area contributed by atoms with Crippen LogP contribution >= 0.6 is 46.9 Å². The van der Waals surface area contributed by atoms with E-state index in [0.29, 0.717) is 24.1 Å². The van der Waals surface area contributed by atoms with Crippen LogP contribution in [0.25, 0.3) is 0 Å². The molecule has 3 N–H and O–H groups in total. The Kier molecular flexibility index (Phi) is 9.86. The molecule has 1 aromatic carbocycles. The molecule has 0 aliphatic heterocycles. The van der Waals surface area contributed by atoms with Crippen molar-refractivity contribution in [1.29, 1.82) is 0 Å². The second-order valence-electron chi connectivity index (χ2n) is 5.23. The van der Waals surface area contributed by atoms with Gasteiger partial charge >= 0.3 is 0 Å². The molecule has 0 radical (unpaired) electrons. The number of hydrogen-bond acceptors (Lipinski definition) is 4. The lowest BCUT2D eigenvalue weighted by molar-refractivity contribution is 0.580. The van der Waals surface area contributed by atoms with Gasteiger partial charge < -0.3 is 10.6 Å². The van der Waals surface area contributed by atoms with Crippen LogP contribution in [0, 0.1) is 6.92 Å². The number of nitrogens with zero attached hydrogens (tertiary/aromatic N) is 1. The minimum absolute atomic E-state index is 0. The topological polar surface area (TPSA) is 82.6 Å². The van der Waals surface area contributed by atoms with E-state index in [1.807, 2.05) is 5.38 Å². The molecule has 0 aliphatic carbocycles. The molecule has 0 atom stereocenters. The van der Waals surface area contributed by atoms with Crippen LogP contribution in [-0.4, -0.2) is 34.5 Å². The fourth-order valence-electron chi connectivity index (χ4n) is 2.05. The van der Waals surface area contributed by atoms with E-state index in [-0.39, 0.29) is 35.4 Å². The van der Waals surface area contributed by atoms with Crippen molar-refractivity contribution in [3.63, 3.8) is 0 Å². The molecule has 2 rings (SSSR count). The van der Waals surface area contributed by atoms with Crippen LogP contribution in [0.5, 0.6) is 0 Å². The average Bonchev–Trinajstić information content (AvgIpc) is 2.99. The molecule has 1 aromatic heterocycles. The Morgan fingerprint density at radius 1 is 1.23 bits per heavy atom. The highest BCUT2D eigenvalue weighted by Crippen LogP contribution is 2.15. The molecule has 0 saturated carbocycles. The molecular formula is C16H22ClIN4O2S2. The van der Waals surface area contributed by atoms with Crippen molar-refractivity contribution in [3.8, 4) is 0 Å². The first-order valence-electron chi connectivity index (χ1n) is 7.65. The molecular weight excluding hydrogens is 507 g/mol. The van der Waals surface area contributed by atoms with Gasteiger partial charge in [-0.25, -0.2) is 13.1 Å². The molecule has 0 unspecified atom stereocenters. The van der Waals surface area contributed by atoms with Gasteiger partial charge in [0, 0.05) is 30.0 Å². The lowest BCUT2D eigenvalue weighted by atomic mass is 10.3. The van der Waals surface area contributed by atoms with Crippen LogP contribution in [0.3, 0.4) is 0 Å². The highest BCUT2D eigenvalue weighted by atomic mass is 127. The van der Waals surface area contributed by atoms with E-state index in [2.05, 4.69) is 33.3 Å². The molecule has 2 aromatic rings. The Morgan fingerprint density at radius 3 is 2.62 bits per heavy atom. The number of sulfonamides is 1. The molecule has 0 amide bonds. The summed E-state index contributed by atoms with van der Waals surface area (Å²) < 4.78 is 26.9. The summed E-state index contributed by atoms with van der Waals surface area (Å²) in [6.45, 7) is 3.38. The molecule has 0 fully saturated rings. The van der Waals surface area contributed by atoms with Gasteiger partial charge in [0.1, 0.15) is 0 Å². The predicted molar refractivity (Wildman–Crippen MR) is 119 cm³/mol. The normalized spacial score (nSPS) is 11.7. The first-order chi connectivity index (χ1) is 11.9. The molecule has 1 heterocycles. The van der Waals surface area contributed by atoms with Crippen LogP contribution < -0.4 is 15.4 Å². The highest BCUT2D eigenvalue weighted by Gasteiger charge is 2.13. The number of guanidine groups is 1. The van der Waals surface area contributed by atoms with E-state index < -0.39 is 10.0 Å². The van der Waals surface area contributed by atoms with Gasteiger partial charge in [0.2, 0.25) is 10.0 Å². The van der Waals surface area contributed by atoms with Crippen molar-refractivity contribution in [2.24, 2.45) is 4.99 Å². The standard InChI is InChI=1S/C16H21ClN4O2S2.HI/c1-12-6-9-24-15(12)11-20-16(18-2)19-7-8-21-25(22,23)14-5-3-4-13(17)10-14;/h3-6,9-10,21H,7-8,11H2,1-2H3,(H2,18,19,20);1H. The molecule has 0 saturated heterocycles. The maximum atomic E-state index is 12.2. The summed E-state index contributed by atoms with van der Waals surface area (Å²) in [6, 6.07) is 8.23. The molecule has 26 heavy (non-hydrogen) atoms. The summed E-state index contributed by atoms with van der Waals surface area (Å²) in [5.41, 5.74) is 1.24. The zero-order chi connectivity index (χ0) is 18.3. The maximum Gasteiger partial charge on any atom is 0.240 e. The molecule has 144 valence electrons. The van der Waals surface area contributed by atoms with Crippen LogP contribution in [0.1, 0.15) is 10.4 Å². The number of halogens is 2. The van der Waals surface area contributed by atoms with Crippen molar-refractivity contribution in [2.45, 2.75) is 18.4 Å². The smallest absolute Gasteiger partial charge is 0.240 e. The van der Waals surface area contributed by atoms with Gasteiger partial charge in [-0.15, -0.1) is 35.3 Å². The third-order valence-corrected chi connectivity index (χ3v) is 6.14. The van der Waals surface area contributed by atoms with E-state index >= 15 is 0 Å². The van der Waals surface area contributed by atoms with E-state index in [4.69, 9.17) is 11.6 Å². The fourth-order valence-corrected chi connectivity index (χ4v) is 4.23. The van der Waals surface area contributed by atoms with Gasteiger partial charge in [0.25, 0.3) is 0 Å². The first kappa shape index (κ1) is 23.2.